The van der Waals surface area contributed by atoms with Gasteiger partial charge in [-0.3, -0.25) is 15.3 Å². The lowest BCUT2D eigenvalue weighted by Crippen LogP contribution is -2.43. The average molecular weight is 270 g/mol. The summed E-state index contributed by atoms with van der Waals surface area (Å²) in [7, 11) is 0. The summed E-state index contributed by atoms with van der Waals surface area (Å²) in [6.07, 6.45) is 2.27. The Hall–Kier alpha value is -1.82. The number of nitrogens with zero attached hydrogens (tertiary/aromatic N) is 2. The predicted molar refractivity (Wildman–Crippen MR) is 71.6 cm³/mol. The molecular weight excluding hydrogens is 254 g/mol. The van der Waals surface area contributed by atoms with E-state index in [0.29, 0.717) is 30.5 Å². The van der Waals surface area contributed by atoms with E-state index in [1.165, 1.54) is 0 Å². The minimum absolute atomic E-state index is 0.358. The summed E-state index contributed by atoms with van der Waals surface area (Å²) in [5, 5.41) is 5.92. The maximum absolute atomic E-state index is 10.7. The Morgan fingerprint density at radius 2 is 2.39 bits per heavy atom. The molecule has 0 aromatic carbocycles. The third-order valence-electron chi connectivity index (χ3n) is 2.04. The van der Waals surface area contributed by atoms with E-state index in [-0.39, 0.29) is 0 Å². The second-order valence-corrected chi connectivity index (χ2v) is 3.84. The molecule has 0 saturated carbocycles. The van der Waals surface area contributed by atoms with Crippen molar-refractivity contribution >= 4 is 23.6 Å². The van der Waals surface area contributed by atoms with Crippen LogP contribution in [0.4, 0.5) is 4.79 Å². The van der Waals surface area contributed by atoms with Crippen LogP contribution in [0.5, 0.6) is 0 Å². The average Bonchev–Trinajstić information content (AvgIpc) is 2.31. The molecule has 1 aromatic heterocycles. The van der Waals surface area contributed by atoms with Crippen molar-refractivity contribution in [3.63, 3.8) is 0 Å². The number of primary amides is 1. The Kier molecular flexibility index (Phi) is 5.93. The highest BCUT2D eigenvalue weighted by molar-refractivity contribution is 6.31. The number of nitrogens with two attached hydrogens (primary N) is 1. The monoisotopic (exact) mass is 269 g/mol. The quantitative estimate of drug-likeness (QED) is 0.560. The summed E-state index contributed by atoms with van der Waals surface area (Å²) in [6.45, 7) is 3.00. The standard InChI is InChI=1S/C11H16ClN5O/c1-2-14-11(17-10(13)18)16-7-5-9-8(12)4-3-6-15-9/h3-4,6H,2,5,7H2,1H3,(H4,13,14,16,17,18). The molecule has 0 atom stereocenters. The minimum atomic E-state index is -0.648. The van der Waals surface area contributed by atoms with Crippen molar-refractivity contribution in [2.45, 2.75) is 13.3 Å². The first kappa shape index (κ1) is 14.2. The van der Waals surface area contributed by atoms with Crippen LogP contribution in [0, 0.1) is 0 Å². The number of hydrogen-bond acceptors (Lipinski definition) is 3. The van der Waals surface area contributed by atoms with Crippen molar-refractivity contribution in [3.05, 3.63) is 29.0 Å². The van der Waals surface area contributed by atoms with Crippen molar-refractivity contribution in [1.29, 1.82) is 0 Å². The van der Waals surface area contributed by atoms with Crippen molar-refractivity contribution in [3.8, 4) is 0 Å². The van der Waals surface area contributed by atoms with E-state index in [0.717, 1.165) is 5.69 Å². The summed E-state index contributed by atoms with van der Waals surface area (Å²) in [4.78, 5) is 19.1. The van der Waals surface area contributed by atoms with Crippen LogP contribution < -0.4 is 16.4 Å². The van der Waals surface area contributed by atoms with Crippen LogP contribution in [0.3, 0.4) is 0 Å². The summed E-state index contributed by atoms with van der Waals surface area (Å²) in [5.41, 5.74) is 5.80. The lowest BCUT2D eigenvalue weighted by Gasteiger charge is -2.07. The second-order valence-electron chi connectivity index (χ2n) is 3.43. The maximum atomic E-state index is 10.7. The van der Waals surface area contributed by atoms with Crippen molar-refractivity contribution in [2.24, 2.45) is 10.7 Å². The number of amides is 2. The number of nitrogens with one attached hydrogen (secondary N) is 2. The molecule has 4 N–H and O–H groups in total. The van der Waals surface area contributed by atoms with E-state index in [2.05, 4.69) is 20.6 Å². The Morgan fingerprint density at radius 3 is 3.00 bits per heavy atom. The SMILES string of the molecule is CCNC(=NCCc1ncccc1Cl)NC(N)=O. The van der Waals surface area contributed by atoms with Crippen LogP contribution in [0.15, 0.2) is 23.3 Å². The molecule has 1 rings (SSSR count). The van der Waals surface area contributed by atoms with Gasteiger partial charge in [-0.25, -0.2) is 4.79 Å². The Bertz CT molecular complexity index is 435. The van der Waals surface area contributed by atoms with Crippen LogP contribution in [0.25, 0.3) is 0 Å². The molecule has 0 aliphatic carbocycles. The van der Waals surface area contributed by atoms with Gasteiger partial charge in [0.05, 0.1) is 10.7 Å². The van der Waals surface area contributed by atoms with E-state index < -0.39 is 6.03 Å². The molecule has 1 heterocycles. The highest BCUT2D eigenvalue weighted by Gasteiger charge is 2.02. The summed E-state index contributed by atoms with van der Waals surface area (Å²) in [5.74, 6) is 0.358. The molecule has 0 fully saturated rings. The summed E-state index contributed by atoms with van der Waals surface area (Å²) >= 11 is 5.97. The van der Waals surface area contributed by atoms with Gasteiger partial charge in [-0.15, -0.1) is 0 Å². The van der Waals surface area contributed by atoms with Crippen molar-refractivity contribution < 1.29 is 4.79 Å². The Morgan fingerprint density at radius 1 is 1.61 bits per heavy atom. The molecule has 18 heavy (non-hydrogen) atoms. The second kappa shape index (κ2) is 7.50. The van der Waals surface area contributed by atoms with Gasteiger partial charge >= 0.3 is 6.03 Å². The molecule has 98 valence electrons. The largest absolute Gasteiger partial charge is 0.356 e. The summed E-state index contributed by atoms with van der Waals surface area (Å²) in [6, 6.07) is 2.90. The molecule has 0 bridgehead atoms. The number of hydrogen-bond donors (Lipinski definition) is 3. The van der Waals surface area contributed by atoms with Gasteiger partial charge in [-0.1, -0.05) is 11.6 Å². The van der Waals surface area contributed by atoms with Crippen LogP contribution in [-0.4, -0.2) is 30.1 Å². The van der Waals surface area contributed by atoms with Gasteiger partial charge in [-0.2, -0.15) is 0 Å². The fourth-order valence-corrected chi connectivity index (χ4v) is 1.52. The van der Waals surface area contributed by atoms with Gasteiger partial charge in [0.15, 0.2) is 5.96 Å². The zero-order chi connectivity index (χ0) is 13.4. The first-order chi connectivity index (χ1) is 8.63. The Balaban J connectivity index is 2.55. The number of pyridine rings is 1. The number of halogens is 1. The van der Waals surface area contributed by atoms with Gasteiger partial charge in [0.25, 0.3) is 0 Å². The van der Waals surface area contributed by atoms with Crippen LogP contribution >= 0.6 is 11.6 Å². The molecular formula is C11H16ClN5O. The highest BCUT2D eigenvalue weighted by atomic mass is 35.5. The zero-order valence-corrected chi connectivity index (χ0v) is 10.9. The molecule has 0 unspecified atom stereocenters. The molecule has 0 aliphatic heterocycles. The van der Waals surface area contributed by atoms with Gasteiger partial charge in [0.1, 0.15) is 0 Å². The maximum Gasteiger partial charge on any atom is 0.318 e. The van der Waals surface area contributed by atoms with Gasteiger partial charge in [-0.05, 0) is 19.1 Å². The molecule has 6 nitrogen and oxygen atoms in total. The molecule has 0 radical (unpaired) electrons. The number of carbonyl (C=O) groups excluding carboxylic acids is 1. The highest BCUT2D eigenvalue weighted by Crippen LogP contribution is 2.12. The molecule has 0 saturated heterocycles. The molecule has 7 heteroatoms. The number of aromatic nitrogens is 1. The van der Waals surface area contributed by atoms with E-state index in [1.54, 1.807) is 18.3 Å². The van der Waals surface area contributed by atoms with E-state index >= 15 is 0 Å². The molecule has 0 spiro atoms. The summed E-state index contributed by atoms with van der Waals surface area (Å²) < 4.78 is 0. The number of carbonyl (C=O) groups is 1. The molecule has 2 amide bonds. The van der Waals surface area contributed by atoms with Gasteiger partial charge in [0, 0.05) is 25.7 Å². The number of guanidine groups is 1. The van der Waals surface area contributed by atoms with Crippen molar-refractivity contribution in [2.75, 3.05) is 13.1 Å². The Labute approximate surface area is 111 Å². The number of urea groups is 1. The van der Waals surface area contributed by atoms with E-state index in [4.69, 9.17) is 17.3 Å². The topological polar surface area (TPSA) is 92.4 Å². The third-order valence-corrected chi connectivity index (χ3v) is 2.38. The fourth-order valence-electron chi connectivity index (χ4n) is 1.30. The minimum Gasteiger partial charge on any atom is -0.356 e. The zero-order valence-electron chi connectivity index (χ0n) is 10.1. The number of aliphatic imine (C=N–C) groups is 1. The van der Waals surface area contributed by atoms with Gasteiger partial charge < -0.3 is 11.1 Å². The normalized spacial score (nSPS) is 11.1. The van der Waals surface area contributed by atoms with Gasteiger partial charge in [0.2, 0.25) is 0 Å². The lowest BCUT2D eigenvalue weighted by atomic mass is 10.3. The van der Waals surface area contributed by atoms with E-state index in [9.17, 15) is 4.79 Å². The van der Waals surface area contributed by atoms with Crippen molar-refractivity contribution in [1.82, 2.24) is 15.6 Å². The van der Waals surface area contributed by atoms with Crippen LogP contribution in [0.2, 0.25) is 5.02 Å². The van der Waals surface area contributed by atoms with Crippen LogP contribution in [0.1, 0.15) is 12.6 Å². The smallest absolute Gasteiger partial charge is 0.318 e. The first-order valence-electron chi connectivity index (χ1n) is 5.57. The third kappa shape index (κ3) is 5.01. The van der Waals surface area contributed by atoms with Crippen LogP contribution in [-0.2, 0) is 6.42 Å². The number of rotatable bonds is 4. The predicted octanol–water partition coefficient (Wildman–Crippen LogP) is 0.911. The molecule has 1 aromatic rings. The molecule has 0 aliphatic rings. The first-order valence-corrected chi connectivity index (χ1v) is 5.95. The fraction of sp³-hybridized carbons (Fsp3) is 0.364. The lowest BCUT2D eigenvalue weighted by molar-refractivity contribution is 0.253. The van der Waals surface area contributed by atoms with E-state index in [1.807, 2.05) is 6.92 Å².